The largest absolute Gasteiger partial charge is 0.343 e. The van der Waals surface area contributed by atoms with E-state index in [1.54, 1.807) is 29.2 Å². The van der Waals surface area contributed by atoms with Crippen LogP contribution in [0.4, 0.5) is 11.4 Å². The molecule has 0 saturated carbocycles. The van der Waals surface area contributed by atoms with Crippen LogP contribution < -0.4 is 4.90 Å². The molecule has 18 nitrogen and oxygen atoms in total. The molecule has 302 valence electrons. The Morgan fingerprint density at radius 1 is 0.842 bits per heavy atom. The predicted octanol–water partition coefficient (Wildman–Crippen LogP) is 3.97. The molecule has 57 heavy (non-hydrogen) atoms. The van der Waals surface area contributed by atoms with Crippen LogP contribution in [0.5, 0.6) is 0 Å². The third kappa shape index (κ3) is 8.27. The van der Waals surface area contributed by atoms with E-state index in [9.17, 15) is 41.7 Å². The van der Waals surface area contributed by atoms with Crippen LogP contribution in [0.2, 0.25) is 0 Å². The van der Waals surface area contributed by atoms with E-state index in [1.165, 1.54) is 18.2 Å². The highest BCUT2D eigenvalue weighted by Gasteiger charge is 2.46. The fraction of sp³-hybridized carbons (Fsp3) is 0.378. The lowest BCUT2D eigenvalue weighted by molar-refractivity contribution is -0.437. The van der Waals surface area contributed by atoms with Gasteiger partial charge < -0.3 is 14.6 Å². The number of hydrogen-bond acceptors (Lipinski definition) is 15. The molecule has 4 aliphatic heterocycles. The first-order valence-electron chi connectivity index (χ1n) is 17.7. The van der Waals surface area contributed by atoms with Crippen molar-refractivity contribution in [3.8, 4) is 0 Å². The number of hydrogen-bond donors (Lipinski definition) is 2. The molecule has 0 atom stereocenters. The summed E-state index contributed by atoms with van der Waals surface area (Å²) in [5.74, 6) is -4.07. The minimum atomic E-state index is -4.57. The lowest BCUT2D eigenvalue weighted by atomic mass is 9.81. The van der Waals surface area contributed by atoms with E-state index < -0.39 is 56.5 Å². The van der Waals surface area contributed by atoms with Crippen LogP contribution in [-0.2, 0) is 68.8 Å². The van der Waals surface area contributed by atoms with Crippen LogP contribution in [0, 0.1) is 0 Å². The van der Waals surface area contributed by atoms with Crippen LogP contribution >= 0.6 is 12.0 Å². The summed E-state index contributed by atoms with van der Waals surface area (Å²) in [6, 6.07) is 9.47. The predicted molar refractivity (Wildman–Crippen MR) is 197 cm³/mol. The third-order valence-corrected chi connectivity index (χ3v) is 11.6. The Balaban J connectivity index is 1.34. The van der Waals surface area contributed by atoms with Crippen molar-refractivity contribution in [2.45, 2.75) is 86.8 Å². The van der Waals surface area contributed by atoms with Gasteiger partial charge in [-0.15, -0.1) is 14.5 Å². The molecule has 0 aliphatic carbocycles. The van der Waals surface area contributed by atoms with Crippen LogP contribution in [0.15, 0.2) is 70.1 Å². The third-order valence-electron chi connectivity index (χ3n) is 10.2. The van der Waals surface area contributed by atoms with Gasteiger partial charge in [-0.05, 0) is 55.8 Å². The van der Waals surface area contributed by atoms with Crippen LogP contribution in [0.3, 0.4) is 0 Å². The molecular formula is C37H39N4O14S2+. The summed E-state index contributed by atoms with van der Waals surface area (Å²) >= 11 is 0.774. The summed E-state index contributed by atoms with van der Waals surface area (Å²) < 4.78 is 40.6. The van der Waals surface area contributed by atoms with Gasteiger partial charge in [-0.2, -0.15) is 13.0 Å². The van der Waals surface area contributed by atoms with Crippen LogP contribution in [0.25, 0.3) is 0 Å². The molecule has 4 amide bonds. The molecule has 0 unspecified atom stereocenters. The zero-order chi connectivity index (χ0) is 41.4. The Morgan fingerprint density at radius 3 is 2.02 bits per heavy atom. The maximum Gasteiger partial charge on any atom is 0.339 e. The molecule has 0 spiro atoms. The van der Waals surface area contributed by atoms with Crippen molar-refractivity contribution in [2.24, 2.45) is 0 Å². The quantitative estimate of drug-likeness (QED) is 0.0686. The number of nitrogens with zero attached hydrogens (tertiary/aromatic N) is 4. The molecule has 2 aromatic carbocycles. The smallest absolute Gasteiger partial charge is 0.339 e. The zero-order valence-electron chi connectivity index (χ0n) is 31.3. The minimum Gasteiger partial charge on any atom is -0.343 e. The molecule has 0 aromatic heterocycles. The van der Waals surface area contributed by atoms with Crippen molar-refractivity contribution in [3.05, 3.63) is 71.5 Å². The average molecular weight is 828 g/mol. The number of allylic oxidation sites excluding steroid dienone is 4. The SMILES string of the molecule is CC1(C)C(/C=C/C=C2\N(CCC(=O)ON3C(=O)CCC3=O)c3ccc(S(=O)(=O)O)cc3C2(C)C)=[N+](CCC(=O)ON2C(=O)CCC2=O)c2ccc(SOOO)cc21. The number of carbonyl (C=O) groups excluding carboxylic acids is 6. The summed E-state index contributed by atoms with van der Waals surface area (Å²) in [5, 5.41) is 13.4. The number of imide groups is 2. The van der Waals surface area contributed by atoms with Gasteiger partial charge in [0.1, 0.15) is 6.42 Å². The molecule has 0 radical (unpaired) electrons. The van der Waals surface area contributed by atoms with E-state index in [4.69, 9.17) is 14.9 Å². The van der Waals surface area contributed by atoms with Crippen molar-refractivity contribution in [1.29, 1.82) is 0 Å². The van der Waals surface area contributed by atoms with Crippen molar-refractivity contribution in [1.82, 2.24) is 10.1 Å². The number of amides is 4. The summed E-state index contributed by atoms with van der Waals surface area (Å²) in [4.78, 5) is 86.2. The topological polar surface area (TPSA) is 227 Å². The van der Waals surface area contributed by atoms with E-state index in [0.717, 1.165) is 23.3 Å². The first-order valence-corrected chi connectivity index (χ1v) is 19.9. The van der Waals surface area contributed by atoms with E-state index in [2.05, 4.69) is 9.37 Å². The Bertz CT molecular complexity index is 2250. The van der Waals surface area contributed by atoms with Gasteiger partial charge in [0, 0.05) is 71.6 Å². The molecule has 2 fully saturated rings. The highest BCUT2D eigenvalue weighted by molar-refractivity contribution is 7.94. The van der Waals surface area contributed by atoms with Crippen molar-refractivity contribution in [2.75, 3.05) is 18.0 Å². The Kier molecular flexibility index (Phi) is 11.6. The molecule has 2 saturated heterocycles. The van der Waals surface area contributed by atoms with Gasteiger partial charge in [-0.1, -0.05) is 25.0 Å². The normalized spacial score (nSPS) is 19.4. The van der Waals surface area contributed by atoms with E-state index in [0.29, 0.717) is 37.7 Å². The van der Waals surface area contributed by atoms with E-state index >= 15 is 0 Å². The Hall–Kier alpha value is -5.25. The van der Waals surface area contributed by atoms with Gasteiger partial charge in [0.15, 0.2) is 12.3 Å². The number of carbonyl (C=O) groups is 6. The number of hydroxylamine groups is 4. The first kappa shape index (κ1) is 41.4. The molecule has 0 bridgehead atoms. The number of benzene rings is 2. The Morgan fingerprint density at radius 2 is 1.44 bits per heavy atom. The van der Waals surface area contributed by atoms with Gasteiger partial charge in [-0.3, -0.25) is 23.7 Å². The summed E-state index contributed by atoms with van der Waals surface area (Å²) in [5.41, 5.74) is 2.36. The van der Waals surface area contributed by atoms with Crippen molar-refractivity contribution >= 4 is 74.8 Å². The second-order valence-corrected chi connectivity index (χ2v) is 16.7. The monoisotopic (exact) mass is 827 g/mol. The summed E-state index contributed by atoms with van der Waals surface area (Å²) in [6.07, 6.45) is 4.67. The fourth-order valence-electron chi connectivity index (χ4n) is 7.30. The van der Waals surface area contributed by atoms with Crippen molar-refractivity contribution < 1.29 is 70.6 Å². The van der Waals surface area contributed by atoms with E-state index in [-0.39, 0.29) is 56.5 Å². The van der Waals surface area contributed by atoms with Gasteiger partial charge >= 0.3 is 11.9 Å². The lowest BCUT2D eigenvalue weighted by Crippen LogP contribution is -2.34. The van der Waals surface area contributed by atoms with Crippen LogP contribution in [-0.4, -0.2) is 87.3 Å². The number of fused-ring (bicyclic) bond motifs is 2. The molecule has 6 rings (SSSR count). The second kappa shape index (κ2) is 15.9. The maximum absolute atomic E-state index is 12.9. The lowest BCUT2D eigenvalue weighted by Gasteiger charge is -2.27. The zero-order valence-corrected chi connectivity index (χ0v) is 32.9. The van der Waals surface area contributed by atoms with E-state index in [1.807, 2.05) is 44.4 Å². The molecule has 4 heterocycles. The number of rotatable bonds is 14. The van der Waals surface area contributed by atoms with Crippen molar-refractivity contribution in [3.63, 3.8) is 0 Å². The van der Waals surface area contributed by atoms with Crippen LogP contribution in [0.1, 0.15) is 77.3 Å². The van der Waals surface area contributed by atoms with Gasteiger partial charge in [0.25, 0.3) is 33.7 Å². The van der Waals surface area contributed by atoms with Gasteiger partial charge in [0.05, 0.1) is 28.8 Å². The molecule has 20 heteroatoms. The molecule has 4 aliphatic rings. The highest BCUT2D eigenvalue weighted by atomic mass is 32.2. The highest BCUT2D eigenvalue weighted by Crippen LogP contribution is 2.49. The summed E-state index contributed by atoms with van der Waals surface area (Å²) in [6.45, 7) is 7.67. The Labute approximate surface area is 331 Å². The summed E-state index contributed by atoms with van der Waals surface area (Å²) in [7, 11) is -4.57. The maximum atomic E-state index is 12.9. The molecule has 2 aromatic rings. The molecule has 2 N–H and O–H groups in total. The fourth-order valence-corrected chi connectivity index (χ4v) is 8.21. The average Bonchev–Trinajstić information content (AvgIpc) is 3.78. The standard InChI is InChI=1S/C37H38N4O14S2/c1-36(2)24-20-22(56-55-54-48)8-10-26(24)38(18-16-34(46)52-40-30(42)12-13-31(40)43)28(36)6-5-7-29-37(3,4)25-21-23(57(49,50)51)9-11-27(25)39(29)19-17-35(47)53-41-32(44)14-15-33(41)45/h5-11,20-21H,12-19H2,1-4H3,(H-,48,49,50,51)/p+1. The number of anilines is 1. The van der Waals surface area contributed by atoms with Gasteiger partial charge in [0.2, 0.25) is 5.69 Å². The first-order chi connectivity index (χ1) is 26.8. The second-order valence-electron chi connectivity index (χ2n) is 14.5. The minimum absolute atomic E-state index is 0.000212. The van der Waals surface area contributed by atoms with Gasteiger partial charge in [-0.25, -0.2) is 14.8 Å². The molecular weight excluding hydrogens is 789 g/mol.